The maximum atomic E-state index is 12.0. The number of rotatable bonds is 6. The summed E-state index contributed by atoms with van der Waals surface area (Å²) in [4.78, 5) is 23.2. The number of hydrogen-bond acceptors (Lipinski definition) is 6. The normalized spacial score (nSPS) is 11.0. The fourth-order valence-corrected chi connectivity index (χ4v) is 2.05. The van der Waals surface area contributed by atoms with Crippen molar-refractivity contribution in [1.29, 1.82) is 0 Å². The van der Waals surface area contributed by atoms with Gasteiger partial charge in [-0.15, -0.1) is 0 Å². The fourth-order valence-electron chi connectivity index (χ4n) is 2.05. The lowest BCUT2D eigenvalue weighted by Crippen LogP contribution is -2.13. The van der Waals surface area contributed by atoms with E-state index in [1.165, 1.54) is 13.0 Å². The number of allylic oxidation sites excluding steroid dienone is 1. The minimum absolute atomic E-state index is 0.00694. The largest absolute Gasteiger partial charge is 0.504 e. The molecule has 0 saturated carbocycles. The molecule has 1 aromatic heterocycles. The first-order chi connectivity index (χ1) is 11.0. The van der Waals surface area contributed by atoms with Crippen molar-refractivity contribution in [2.24, 2.45) is 0 Å². The Kier molecular flexibility index (Phi) is 5.41. The van der Waals surface area contributed by atoms with Crippen LogP contribution >= 0.6 is 0 Å². The molecule has 0 atom stereocenters. The molecule has 122 valence electrons. The summed E-state index contributed by atoms with van der Waals surface area (Å²) in [5, 5.41) is 10.2. The van der Waals surface area contributed by atoms with E-state index in [1.807, 2.05) is 19.1 Å². The van der Waals surface area contributed by atoms with Crippen LogP contribution in [0.1, 0.15) is 26.7 Å². The second kappa shape index (κ2) is 7.49. The molecule has 0 amide bonds. The van der Waals surface area contributed by atoms with Crippen LogP contribution in [0.4, 0.5) is 0 Å². The van der Waals surface area contributed by atoms with Crippen molar-refractivity contribution >= 4 is 16.9 Å². The van der Waals surface area contributed by atoms with Crippen molar-refractivity contribution in [3.05, 3.63) is 40.8 Å². The minimum atomic E-state index is -0.881. The molecule has 0 aliphatic heterocycles. The smallest absolute Gasteiger partial charge is 0.383 e. The Morgan fingerprint density at radius 2 is 2.09 bits per heavy atom. The monoisotopic (exact) mass is 318 g/mol. The van der Waals surface area contributed by atoms with Crippen LogP contribution in [0, 0.1) is 0 Å². The molecular formula is C17H18O6. The van der Waals surface area contributed by atoms with Crippen molar-refractivity contribution in [1.82, 2.24) is 0 Å². The zero-order valence-electron chi connectivity index (χ0n) is 13.0. The third kappa shape index (κ3) is 3.91. The summed E-state index contributed by atoms with van der Waals surface area (Å²) in [6.07, 6.45) is 5.51. The van der Waals surface area contributed by atoms with Crippen molar-refractivity contribution < 1.29 is 23.8 Å². The standard InChI is InChI=1S/C17H18O6/c1-3-4-5-6-10-21-15-12-8-7-9-13(19)14(12)23-17(20)16(15)22-11(2)18/h4-5,7-9,19H,3,6,10H2,1-2H3. The van der Waals surface area contributed by atoms with Gasteiger partial charge in [-0.1, -0.05) is 25.1 Å². The van der Waals surface area contributed by atoms with E-state index < -0.39 is 11.6 Å². The van der Waals surface area contributed by atoms with Gasteiger partial charge in [0.1, 0.15) is 0 Å². The van der Waals surface area contributed by atoms with Gasteiger partial charge in [-0.2, -0.15) is 0 Å². The average Bonchev–Trinajstić information content (AvgIpc) is 2.50. The average molecular weight is 318 g/mol. The maximum Gasteiger partial charge on any atom is 0.383 e. The third-order valence-electron chi connectivity index (χ3n) is 3.00. The maximum absolute atomic E-state index is 12.0. The highest BCUT2D eigenvalue weighted by atomic mass is 16.6. The first-order valence-corrected chi connectivity index (χ1v) is 7.29. The van der Waals surface area contributed by atoms with E-state index in [2.05, 4.69) is 0 Å². The Labute approximate surface area is 132 Å². The van der Waals surface area contributed by atoms with Crippen LogP contribution in [0.5, 0.6) is 17.2 Å². The van der Waals surface area contributed by atoms with Gasteiger partial charge < -0.3 is 19.0 Å². The molecule has 1 heterocycles. The Bertz CT molecular complexity index is 788. The molecule has 6 heteroatoms. The number of hydrogen-bond donors (Lipinski definition) is 1. The van der Waals surface area contributed by atoms with Crippen molar-refractivity contribution in [2.75, 3.05) is 6.61 Å². The second-order valence-electron chi connectivity index (χ2n) is 4.81. The number of carbonyl (C=O) groups excluding carboxylic acids is 1. The predicted octanol–water partition coefficient (Wildman–Crippen LogP) is 3.16. The highest BCUT2D eigenvalue weighted by Gasteiger charge is 2.20. The molecule has 1 N–H and O–H groups in total. The molecule has 0 fully saturated rings. The lowest BCUT2D eigenvalue weighted by atomic mass is 10.2. The quantitative estimate of drug-likeness (QED) is 0.381. The van der Waals surface area contributed by atoms with Crippen LogP contribution in [-0.4, -0.2) is 17.7 Å². The van der Waals surface area contributed by atoms with Crippen LogP contribution < -0.4 is 15.1 Å². The van der Waals surface area contributed by atoms with Crippen LogP contribution in [0.2, 0.25) is 0 Å². The predicted molar refractivity (Wildman–Crippen MR) is 85.0 cm³/mol. The van der Waals surface area contributed by atoms with Gasteiger partial charge in [0.2, 0.25) is 0 Å². The number of ether oxygens (including phenoxy) is 2. The van der Waals surface area contributed by atoms with E-state index in [0.29, 0.717) is 18.4 Å². The number of para-hydroxylation sites is 1. The summed E-state index contributed by atoms with van der Waals surface area (Å²) < 4.78 is 15.6. The molecular weight excluding hydrogens is 300 g/mol. The molecule has 2 rings (SSSR count). The second-order valence-corrected chi connectivity index (χ2v) is 4.81. The summed E-state index contributed by atoms with van der Waals surface area (Å²) in [7, 11) is 0. The topological polar surface area (TPSA) is 86.0 Å². The number of phenolic OH excluding ortho intramolecular Hbond substituents is 1. The molecule has 0 radical (unpaired) electrons. The highest BCUT2D eigenvalue weighted by molar-refractivity contribution is 5.90. The Morgan fingerprint density at radius 3 is 2.78 bits per heavy atom. The molecule has 0 unspecified atom stereocenters. The number of fused-ring (bicyclic) bond motifs is 1. The molecule has 0 aliphatic rings. The van der Waals surface area contributed by atoms with Crippen molar-refractivity contribution in [3.8, 4) is 17.2 Å². The molecule has 0 aliphatic carbocycles. The SMILES string of the molecule is CCC=CCCOc1c(OC(C)=O)c(=O)oc2c(O)cccc12. The number of phenols is 1. The Morgan fingerprint density at radius 1 is 1.30 bits per heavy atom. The molecule has 0 spiro atoms. The lowest BCUT2D eigenvalue weighted by molar-refractivity contribution is -0.132. The van der Waals surface area contributed by atoms with Gasteiger partial charge in [-0.25, -0.2) is 4.79 Å². The number of carbonyl (C=O) groups is 1. The number of aromatic hydroxyl groups is 1. The van der Waals surface area contributed by atoms with Gasteiger partial charge in [0.05, 0.1) is 12.0 Å². The van der Waals surface area contributed by atoms with Gasteiger partial charge >= 0.3 is 11.6 Å². The molecule has 2 aromatic rings. The van der Waals surface area contributed by atoms with Gasteiger partial charge in [0.25, 0.3) is 5.75 Å². The van der Waals surface area contributed by atoms with Crippen LogP contribution in [0.25, 0.3) is 11.0 Å². The van der Waals surface area contributed by atoms with Crippen molar-refractivity contribution in [2.45, 2.75) is 26.7 Å². The fraction of sp³-hybridized carbons (Fsp3) is 0.294. The lowest BCUT2D eigenvalue weighted by Gasteiger charge is -2.12. The number of benzene rings is 1. The van der Waals surface area contributed by atoms with Crippen LogP contribution in [0.15, 0.2) is 39.6 Å². The van der Waals surface area contributed by atoms with Crippen LogP contribution in [-0.2, 0) is 4.79 Å². The van der Waals surface area contributed by atoms with Gasteiger partial charge in [0.15, 0.2) is 17.1 Å². The third-order valence-corrected chi connectivity index (χ3v) is 3.00. The van der Waals surface area contributed by atoms with E-state index in [4.69, 9.17) is 13.9 Å². The van der Waals surface area contributed by atoms with E-state index in [9.17, 15) is 14.7 Å². The molecule has 23 heavy (non-hydrogen) atoms. The summed E-state index contributed by atoms with van der Waals surface area (Å²) in [5.41, 5.74) is -0.888. The van der Waals surface area contributed by atoms with E-state index in [1.54, 1.807) is 12.1 Å². The van der Waals surface area contributed by atoms with E-state index >= 15 is 0 Å². The summed E-state index contributed by atoms with van der Waals surface area (Å²) >= 11 is 0. The minimum Gasteiger partial charge on any atom is -0.504 e. The van der Waals surface area contributed by atoms with Gasteiger partial charge in [-0.3, -0.25) is 4.79 Å². The highest BCUT2D eigenvalue weighted by Crippen LogP contribution is 2.36. The van der Waals surface area contributed by atoms with E-state index in [0.717, 1.165) is 6.42 Å². The zero-order valence-corrected chi connectivity index (χ0v) is 13.0. The zero-order chi connectivity index (χ0) is 16.8. The first kappa shape index (κ1) is 16.6. The first-order valence-electron chi connectivity index (χ1n) is 7.29. The molecule has 1 aromatic carbocycles. The van der Waals surface area contributed by atoms with Crippen LogP contribution in [0.3, 0.4) is 0 Å². The number of esters is 1. The summed E-state index contributed by atoms with van der Waals surface area (Å²) in [6, 6.07) is 4.59. The Balaban J connectivity index is 2.47. The van der Waals surface area contributed by atoms with Gasteiger partial charge in [-0.05, 0) is 25.0 Å². The Hall–Kier alpha value is -2.76. The molecule has 6 nitrogen and oxygen atoms in total. The summed E-state index contributed by atoms with van der Waals surface area (Å²) in [6.45, 7) is 3.49. The summed E-state index contributed by atoms with van der Waals surface area (Å²) in [5.74, 6) is -1.07. The van der Waals surface area contributed by atoms with Gasteiger partial charge in [0, 0.05) is 6.92 Å². The van der Waals surface area contributed by atoms with E-state index in [-0.39, 0.29) is 22.8 Å². The molecule has 0 bridgehead atoms. The molecule has 0 saturated heterocycles. The van der Waals surface area contributed by atoms with Crippen molar-refractivity contribution in [3.63, 3.8) is 0 Å².